The molecular weight excluding hydrogens is 443 g/mol. The zero-order valence-corrected chi connectivity index (χ0v) is 16.2. The molecule has 1 saturated heterocycles. The number of halogens is 3. The summed E-state index contributed by atoms with van der Waals surface area (Å²) in [6.45, 7) is 2.08. The summed E-state index contributed by atoms with van der Waals surface area (Å²) in [7, 11) is 0. The Balaban J connectivity index is 1.70. The number of hydrogen-bond donors (Lipinski definition) is 1. The Kier molecular flexibility index (Phi) is 4.98. The van der Waals surface area contributed by atoms with Crippen molar-refractivity contribution in [3.8, 4) is 28.7 Å². The number of aromatic nitrogens is 3. The molecule has 27 heavy (non-hydrogen) atoms. The van der Waals surface area contributed by atoms with Crippen molar-refractivity contribution < 1.29 is 18.7 Å². The summed E-state index contributed by atoms with van der Waals surface area (Å²) in [5.74, 6) is -0.214. The van der Waals surface area contributed by atoms with E-state index in [1.54, 1.807) is 17.0 Å². The first kappa shape index (κ1) is 18.1. The molecule has 0 atom stereocenters. The summed E-state index contributed by atoms with van der Waals surface area (Å²) in [5.41, 5.74) is 0.742. The van der Waals surface area contributed by atoms with Gasteiger partial charge in [-0.15, -0.1) is 0 Å². The molecule has 3 heterocycles. The molecule has 0 spiro atoms. The van der Waals surface area contributed by atoms with Gasteiger partial charge in [0.2, 0.25) is 5.82 Å². The molecule has 4 rings (SSSR count). The Morgan fingerprint density at radius 1 is 1.22 bits per heavy atom. The average Bonchev–Trinajstić information content (AvgIpc) is 3.15. The SMILES string of the molecule is Oc1c(Cl)cc(Br)cc1-c1coc(-c2ncc(F)c(N3CCOCC3)n2)n1. The molecule has 1 aliphatic rings. The molecule has 1 N–H and O–H groups in total. The van der Waals surface area contributed by atoms with E-state index in [0.29, 0.717) is 42.0 Å². The number of ether oxygens (including phenoxy) is 1. The van der Waals surface area contributed by atoms with Gasteiger partial charge in [-0.05, 0) is 12.1 Å². The molecule has 10 heteroatoms. The van der Waals surface area contributed by atoms with Crippen LogP contribution in [0.2, 0.25) is 5.02 Å². The largest absolute Gasteiger partial charge is 0.506 e. The highest BCUT2D eigenvalue weighted by molar-refractivity contribution is 9.10. The lowest BCUT2D eigenvalue weighted by atomic mass is 10.1. The van der Waals surface area contributed by atoms with Crippen molar-refractivity contribution in [3.63, 3.8) is 0 Å². The summed E-state index contributed by atoms with van der Waals surface area (Å²) >= 11 is 9.32. The van der Waals surface area contributed by atoms with Crippen LogP contribution in [0.15, 0.2) is 33.5 Å². The van der Waals surface area contributed by atoms with Crippen LogP contribution in [0.25, 0.3) is 23.0 Å². The first-order valence-corrected chi connectivity index (χ1v) is 9.19. The number of nitrogens with zero attached hydrogens (tertiary/aromatic N) is 4. The molecule has 0 unspecified atom stereocenters. The predicted molar refractivity (Wildman–Crippen MR) is 100 cm³/mol. The lowest BCUT2D eigenvalue weighted by molar-refractivity contribution is 0.122. The number of phenolic OH excluding ortho intramolecular Hbond substituents is 1. The van der Waals surface area contributed by atoms with Gasteiger partial charge in [-0.3, -0.25) is 0 Å². The van der Waals surface area contributed by atoms with Crippen LogP contribution >= 0.6 is 27.5 Å². The summed E-state index contributed by atoms with van der Waals surface area (Å²) in [5, 5.41) is 10.3. The van der Waals surface area contributed by atoms with Gasteiger partial charge in [0.15, 0.2) is 11.6 Å². The fraction of sp³-hybridized carbons (Fsp3) is 0.235. The van der Waals surface area contributed by atoms with Crippen LogP contribution in [0, 0.1) is 5.82 Å². The second-order valence-electron chi connectivity index (χ2n) is 5.79. The third kappa shape index (κ3) is 3.62. The minimum absolute atomic E-state index is 0.106. The van der Waals surface area contributed by atoms with E-state index in [4.69, 9.17) is 20.8 Å². The van der Waals surface area contributed by atoms with Gasteiger partial charge in [0, 0.05) is 23.1 Å². The molecule has 140 valence electrons. The normalized spacial score (nSPS) is 14.6. The topological polar surface area (TPSA) is 84.5 Å². The van der Waals surface area contributed by atoms with Gasteiger partial charge in [0.05, 0.1) is 24.4 Å². The number of hydrogen-bond acceptors (Lipinski definition) is 7. The van der Waals surface area contributed by atoms with E-state index in [1.807, 2.05) is 0 Å². The number of oxazole rings is 1. The summed E-state index contributed by atoms with van der Waals surface area (Å²) < 4.78 is 25.6. The second kappa shape index (κ2) is 7.41. The first-order chi connectivity index (χ1) is 13.0. The van der Waals surface area contributed by atoms with Crippen LogP contribution in [0.1, 0.15) is 0 Å². The van der Waals surface area contributed by atoms with Crippen molar-refractivity contribution in [2.75, 3.05) is 31.2 Å². The van der Waals surface area contributed by atoms with E-state index in [2.05, 4.69) is 30.9 Å². The van der Waals surface area contributed by atoms with Gasteiger partial charge in [-0.1, -0.05) is 27.5 Å². The molecule has 2 aromatic heterocycles. The first-order valence-electron chi connectivity index (χ1n) is 8.02. The zero-order chi connectivity index (χ0) is 19.0. The molecule has 3 aromatic rings. The fourth-order valence-electron chi connectivity index (χ4n) is 2.72. The molecule has 1 aromatic carbocycles. The van der Waals surface area contributed by atoms with Crippen molar-refractivity contribution in [2.24, 2.45) is 0 Å². The smallest absolute Gasteiger partial charge is 0.265 e. The minimum Gasteiger partial charge on any atom is -0.506 e. The molecule has 1 aliphatic heterocycles. The molecule has 0 amide bonds. The Hall–Kier alpha value is -2.23. The molecule has 0 aliphatic carbocycles. The van der Waals surface area contributed by atoms with Crippen molar-refractivity contribution in [1.29, 1.82) is 0 Å². The van der Waals surface area contributed by atoms with E-state index in [1.165, 1.54) is 6.26 Å². The van der Waals surface area contributed by atoms with E-state index < -0.39 is 5.82 Å². The molecule has 7 nitrogen and oxygen atoms in total. The van der Waals surface area contributed by atoms with Crippen LogP contribution in [-0.2, 0) is 4.74 Å². The van der Waals surface area contributed by atoms with E-state index in [9.17, 15) is 9.50 Å². The summed E-state index contributed by atoms with van der Waals surface area (Å²) in [6, 6.07) is 3.23. The van der Waals surface area contributed by atoms with Crippen molar-refractivity contribution in [1.82, 2.24) is 15.0 Å². The fourth-order valence-corrected chi connectivity index (χ4v) is 3.53. The Bertz CT molecular complexity index is 994. The Morgan fingerprint density at radius 3 is 2.78 bits per heavy atom. The Labute approximate surface area is 166 Å². The summed E-state index contributed by atoms with van der Waals surface area (Å²) in [6.07, 6.45) is 2.44. The van der Waals surface area contributed by atoms with E-state index in [0.717, 1.165) is 6.20 Å². The average molecular weight is 456 g/mol. The van der Waals surface area contributed by atoms with Gasteiger partial charge < -0.3 is 19.2 Å². The quantitative estimate of drug-likeness (QED) is 0.641. The number of morpholine rings is 1. The van der Waals surface area contributed by atoms with Gasteiger partial charge in [-0.25, -0.2) is 19.3 Å². The third-order valence-corrected chi connectivity index (χ3v) is 4.78. The van der Waals surface area contributed by atoms with Crippen LogP contribution in [-0.4, -0.2) is 46.4 Å². The number of anilines is 1. The Morgan fingerprint density at radius 2 is 2.00 bits per heavy atom. The van der Waals surface area contributed by atoms with Crippen LogP contribution in [0.5, 0.6) is 5.75 Å². The number of rotatable bonds is 3. The van der Waals surface area contributed by atoms with Gasteiger partial charge in [0.25, 0.3) is 5.89 Å². The standard InChI is InChI=1S/C17H13BrClFN4O3/c18-9-5-10(14(25)11(19)6-9)13-8-27-17(22-13)15-21-7-12(20)16(23-15)24-1-3-26-4-2-24/h5-8,25H,1-4H2. The number of phenols is 1. The highest BCUT2D eigenvalue weighted by Crippen LogP contribution is 2.38. The lowest BCUT2D eigenvalue weighted by Gasteiger charge is -2.27. The maximum absolute atomic E-state index is 14.2. The molecule has 0 radical (unpaired) electrons. The van der Waals surface area contributed by atoms with Gasteiger partial charge in [0.1, 0.15) is 17.7 Å². The third-order valence-electron chi connectivity index (χ3n) is 4.04. The van der Waals surface area contributed by atoms with Crippen LogP contribution in [0.3, 0.4) is 0 Å². The van der Waals surface area contributed by atoms with Crippen LogP contribution in [0.4, 0.5) is 10.2 Å². The molecule has 0 bridgehead atoms. The molecular formula is C17H13BrClFN4O3. The van der Waals surface area contributed by atoms with Crippen LogP contribution < -0.4 is 4.90 Å². The van der Waals surface area contributed by atoms with Crippen molar-refractivity contribution in [2.45, 2.75) is 0 Å². The van der Waals surface area contributed by atoms with E-state index >= 15 is 0 Å². The maximum atomic E-state index is 14.2. The van der Waals surface area contributed by atoms with Gasteiger partial charge in [-0.2, -0.15) is 0 Å². The highest BCUT2D eigenvalue weighted by Gasteiger charge is 2.21. The predicted octanol–water partition coefficient (Wildman–Crippen LogP) is 3.90. The minimum atomic E-state index is -0.524. The number of aromatic hydroxyl groups is 1. The van der Waals surface area contributed by atoms with E-state index in [-0.39, 0.29) is 28.3 Å². The maximum Gasteiger partial charge on any atom is 0.265 e. The van der Waals surface area contributed by atoms with Crippen molar-refractivity contribution >= 4 is 33.3 Å². The summed E-state index contributed by atoms with van der Waals surface area (Å²) in [4.78, 5) is 14.3. The monoisotopic (exact) mass is 454 g/mol. The molecule has 0 saturated carbocycles. The molecule has 1 fully saturated rings. The van der Waals surface area contributed by atoms with Crippen molar-refractivity contribution in [3.05, 3.63) is 39.9 Å². The second-order valence-corrected chi connectivity index (χ2v) is 7.11. The zero-order valence-electron chi connectivity index (χ0n) is 13.8. The lowest BCUT2D eigenvalue weighted by Crippen LogP contribution is -2.37. The highest BCUT2D eigenvalue weighted by atomic mass is 79.9. The van der Waals surface area contributed by atoms with Gasteiger partial charge >= 0.3 is 0 Å². The number of benzene rings is 1.